The Morgan fingerprint density at radius 2 is 1.64 bits per heavy atom. The summed E-state index contributed by atoms with van der Waals surface area (Å²) in [6, 6.07) is 8.72. The van der Waals surface area contributed by atoms with Crippen molar-refractivity contribution in [1.82, 2.24) is 9.80 Å². The zero-order chi connectivity index (χ0) is 17.1. The fourth-order valence-corrected chi connectivity index (χ4v) is 4.36. The predicted molar refractivity (Wildman–Crippen MR) is 99.2 cm³/mol. The van der Waals surface area contributed by atoms with E-state index in [1.807, 2.05) is 12.1 Å². The second kappa shape index (κ2) is 7.75. The summed E-state index contributed by atoms with van der Waals surface area (Å²) in [5.74, 6) is 0.192. The molecule has 3 heterocycles. The zero-order valence-corrected chi connectivity index (χ0v) is 15.0. The van der Waals surface area contributed by atoms with Crippen molar-refractivity contribution in [2.24, 2.45) is 0 Å². The number of carbonyl (C=O) groups is 1. The van der Waals surface area contributed by atoms with Crippen molar-refractivity contribution in [3.05, 3.63) is 29.8 Å². The van der Waals surface area contributed by atoms with Crippen LogP contribution in [0, 0.1) is 0 Å². The summed E-state index contributed by atoms with van der Waals surface area (Å²) in [4.78, 5) is 19.9. The highest BCUT2D eigenvalue weighted by Crippen LogP contribution is 2.23. The van der Waals surface area contributed by atoms with Crippen molar-refractivity contribution in [2.45, 2.75) is 31.7 Å². The quantitative estimate of drug-likeness (QED) is 0.843. The minimum absolute atomic E-state index is 0.192. The van der Waals surface area contributed by atoms with Crippen molar-refractivity contribution in [3.8, 4) is 0 Å². The molecule has 25 heavy (non-hydrogen) atoms. The summed E-state index contributed by atoms with van der Waals surface area (Å²) < 4.78 is 5.41. The normalized spacial score (nSPS) is 25.4. The lowest BCUT2D eigenvalue weighted by Gasteiger charge is -2.37. The number of rotatable bonds is 3. The topological polar surface area (TPSA) is 36.0 Å². The number of nitrogens with zero attached hydrogens (tertiary/aromatic N) is 3. The number of amides is 1. The van der Waals surface area contributed by atoms with Crippen molar-refractivity contribution >= 4 is 11.6 Å². The van der Waals surface area contributed by atoms with E-state index in [4.69, 9.17) is 4.74 Å². The molecule has 4 rings (SSSR count). The SMILES string of the molecule is O=C(c1ccc(N2CCOCC2)cc1)N1CCCC(N2CCCC2)C1. The van der Waals surface area contributed by atoms with E-state index in [-0.39, 0.29) is 5.91 Å². The first-order valence-electron chi connectivity index (χ1n) is 9.77. The van der Waals surface area contributed by atoms with E-state index in [0.29, 0.717) is 6.04 Å². The molecule has 0 saturated carbocycles. The molecule has 1 aromatic carbocycles. The first kappa shape index (κ1) is 16.9. The molecule has 5 heteroatoms. The van der Waals surface area contributed by atoms with Gasteiger partial charge in [-0.1, -0.05) is 0 Å². The van der Waals surface area contributed by atoms with Crippen molar-refractivity contribution < 1.29 is 9.53 Å². The Balaban J connectivity index is 1.39. The molecular weight excluding hydrogens is 314 g/mol. The second-order valence-electron chi connectivity index (χ2n) is 7.44. The molecule has 3 saturated heterocycles. The Morgan fingerprint density at radius 3 is 2.36 bits per heavy atom. The number of hydrogen-bond acceptors (Lipinski definition) is 4. The molecule has 0 aromatic heterocycles. The molecule has 1 amide bonds. The van der Waals surface area contributed by atoms with E-state index in [1.54, 1.807) is 0 Å². The monoisotopic (exact) mass is 343 g/mol. The van der Waals surface area contributed by atoms with E-state index in [1.165, 1.54) is 38.0 Å². The third-order valence-corrected chi connectivity index (χ3v) is 5.83. The molecule has 5 nitrogen and oxygen atoms in total. The molecule has 0 bridgehead atoms. The van der Waals surface area contributed by atoms with Crippen LogP contribution in [0.5, 0.6) is 0 Å². The Bertz CT molecular complexity index is 577. The molecule has 0 spiro atoms. The van der Waals surface area contributed by atoms with Gasteiger partial charge < -0.3 is 14.5 Å². The van der Waals surface area contributed by atoms with Gasteiger partial charge in [0, 0.05) is 43.5 Å². The average molecular weight is 343 g/mol. The van der Waals surface area contributed by atoms with Gasteiger partial charge in [-0.05, 0) is 63.0 Å². The number of hydrogen-bond donors (Lipinski definition) is 0. The summed E-state index contributed by atoms with van der Waals surface area (Å²) in [5, 5.41) is 0. The maximum Gasteiger partial charge on any atom is 0.253 e. The molecule has 0 N–H and O–H groups in total. The fourth-order valence-electron chi connectivity index (χ4n) is 4.36. The molecule has 0 radical (unpaired) electrons. The van der Waals surface area contributed by atoms with E-state index in [2.05, 4.69) is 26.8 Å². The van der Waals surface area contributed by atoms with Gasteiger partial charge in [0.05, 0.1) is 13.2 Å². The van der Waals surface area contributed by atoms with Gasteiger partial charge in [-0.2, -0.15) is 0 Å². The zero-order valence-electron chi connectivity index (χ0n) is 15.0. The summed E-state index contributed by atoms with van der Waals surface area (Å²) in [7, 11) is 0. The van der Waals surface area contributed by atoms with Gasteiger partial charge in [0.15, 0.2) is 0 Å². The Labute approximate surface area is 150 Å². The van der Waals surface area contributed by atoms with Gasteiger partial charge in [0.25, 0.3) is 5.91 Å². The first-order chi connectivity index (χ1) is 12.3. The lowest BCUT2D eigenvalue weighted by atomic mass is 10.0. The number of piperidine rings is 1. The first-order valence-corrected chi connectivity index (χ1v) is 9.77. The third-order valence-electron chi connectivity index (χ3n) is 5.83. The van der Waals surface area contributed by atoms with Crippen LogP contribution >= 0.6 is 0 Å². The van der Waals surface area contributed by atoms with Crippen molar-refractivity contribution in [3.63, 3.8) is 0 Å². The van der Waals surface area contributed by atoms with Gasteiger partial charge >= 0.3 is 0 Å². The average Bonchev–Trinajstić information content (AvgIpc) is 3.23. The largest absolute Gasteiger partial charge is 0.378 e. The number of benzene rings is 1. The van der Waals surface area contributed by atoms with Crippen LogP contribution in [0.3, 0.4) is 0 Å². The number of anilines is 1. The van der Waals surface area contributed by atoms with Crippen LogP contribution in [-0.2, 0) is 4.74 Å². The summed E-state index contributed by atoms with van der Waals surface area (Å²) >= 11 is 0. The minimum Gasteiger partial charge on any atom is -0.378 e. The van der Waals surface area contributed by atoms with Crippen LogP contribution in [0.1, 0.15) is 36.0 Å². The van der Waals surface area contributed by atoms with Crippen LogP contribution in [-0.4, -0.2) is 74.2 Å². The van der Waals surface area contributed by atoms with Gasteiger partial charge in [0.2, 0.25) is 0 Å². The number of ether oxygens (including phenoxy) is 1. The molecular formula is C20H29N3O2. The summed E-state index contributed by atoms with van der Waals surface area (Å²) in [6.07, 6.45) is 4.99. The van der Waals surface area contributed by atoms with Crippen LogP contribution in [0.15, 0.2) is 24.3 Å². The van der Waals surface area contributed by atoms with Gasteiger partial charge in [-0.15, -0.1) is 0 Å². The maximum atomic E-state index is 12.9. The van der Waals surface area contributed by atoms with Gasteiger partial charge in [0.1, 0.15) is 0 Å². The van der Waals surface area contributed by atoms with Gasteiger partial charge in [-0.25, -0.2) is 0 Å². The molecule has 0 aliphatic carbocycles. The third kappa shape index (κ3) is 3.82. The van der Waals surface area contributed by atoms with E-state index < -0.39 is 0 Å². The predicted octanol–water partition coefficient (Wildman–Crippen LogP) is 2.22. The van der Waals surface area contributed by atoms with Crippen LogP contribution < -0.4 is 4.90 Å². The van der Waals surface area contributed by atoms with Crippen LogP contribution in [0.2, 0.25) is 0 Å². The van der Waals surface area contributed by atoms with E-state index >= 15 is 0 Å². The molecule has 136 valence electrons. The highest BCUT2D eigenvalue weighted by atomic mass is 16.5. The summed E-state index contributed by atoms with van der Waals surface area (Å²) in [5.41, 5.74) is 2.01. The smallest absolute Gasteiger partial charge is 0.253 e. The summed E-state index contributed by atoms with van der Waals surface area (Å²) in [6.45, 7) is 7.63. The highest BCUT2D eigenvalue weighted by molar-refractivity contribution is 5.94. The van der Waals surface area contributed by atoms with Gasteiger partial charge in [-0.3, -0.25) is 9.69 Å². The highest BCUT2D eigenvalue weighted by Gasteiger charge is 2.29. The minimum atomic E-state index is 0.192. The van der Waals surface area contributed by atoms with E-state index in [0.717, 1.165) is 51.4 Å². The molecule has 3 aliphatic rings. The van der Waals surface area contributed by atoms with Crippen molar-refractivity contribution in [1.29, 1.82) is 0 Å². The lowest BCUT2D eigenvalue weighted by molar-refractivity contribution is 0.0608. The Morgan fingerprint density at radius 1 is 0.920 bits per heavy atom. The molecule has 1 unspecified atom stereocenters. The lowest BCUT2D eigenvalue weighted by Crippen LogP contribution is -2.49. The van der Waals surface area contributed by atoms with Crippen LogP contribution in [0.4, 0.5) is 5.69 Å². The maximum absolute atomic E-state index is 12.9. The van der Waals surface area contributed by atoms with Crippen LogP contribution in [0.25, 0.3) is 0 Å². The Hall–Kier alpha value is -1.59. The standard InChI is InChI=1S/C20H29N3O2/c24-20(23-11-3-4-19(16-23)21-9-1-2-10-21)17-5-7-18(8-6-17)22-12-14-25-15-13-22/h5-8,19H,1-4,9-16H2. The molecule has 3 aliphatic heterocycles. The van der Waals surface area contributed by atoms with E-state index in [9.17, 15) is 4.79 Å². The number of morpholine rings is 1. The van der Waals surface area contributed by atoms with Crippen molar-refractivity contribution in [2.75, 3.05) is 57.4 Å². The molecule has 1 aromatic rings. The molecule has 3 fully saturated rings. The molecule has 1 atom stereocenters. The second-order valence-corrected chi connectivity index (χ2v) is 7.44. The fraction of sp³-hybridized carbons (Fsp3) is 0.650. The Kier molecular flexibility index (Phi) is 5.22. The number of likely N-dealkylation sites (tertiary alicyclic amines) is 2. The number of carbonyl (C=O) groups excluding carboxylic acids is 1.